The van der Waals surface area contributed by atoms with Crippen LogP contribution in [0.3, 0.4) is 0 Å². The zero-order valence-electron chi connectivity index (χ0n) is 9.19. The van der Waals surface area contributed by atoms with E-state index in [1.807, 2.05) is 48.5 Å². The molecule has 1 heterocycles. The van der Waals surface area contributed by atoms with Gasteiger partial charge in [-0.05, 0) is 17.2 Å². The number of hydrogen-bond acceptors (Lipinski definition) is 1. The molecule has 0 saturated carbocycles. The lowest BCUT2D eigenvalue weighted by atomic mass is 9.96. The normalized spacial score (nSPS) is 15.7. The molecule has 0 saturated heterocycles. The van der Waals surface area contributed by atoms with Crippen molar-refractivity contribution in [2.24, 2.45) is 0 Å². The first-order chi connectivity index (χ1) is 8.40. The number of hydrogen-bond donors (Lipinski definition) is 0. The van der Waals surface area contributed by atoms with Crippen LogP contribution in [0, 0.1) is 0 Å². The fraction of sp³-hybridized carbons (Fsp3) is 0.0667. The van der Waals surface area contributed by atoms with E-state index in [0.29, 0.717) is 18.5 Å². The minimum Gasteiger partial charge on any atom is -0.488 e. The molecular weight excluding hydrogens is 215 g/mol. The second-order valence-corrected chi connectivity index (χ2v) is 3.96. The lowest BCUT2D eigenvalue weighted by Crippen LogP contribution is -1.94. The van der Waals surface area contributed by atoms with Crippen molar-refractivity contribution in [2.75, 3.05) is 0 Å². The molecule has 2 aromatic carbocycles. The predicted molar refractivity (Wildman–Crippen MR) is 65.4 cm³/mol. The fourth-order valence-corrected chi connectivity index (χ4v) is 2.14. The van der Waals surface area contributed by atoms with Gasteiger partial charge in [-0.3, -0.25) is 0 Å². The molecule has 0 radical (unpaired) electrons. The average Bonchev–Trinajstić information content (AvgIpc) is 2.55. The minimum absolute atomic E-state index is 0.477. The Morgan fingerprint density at radius 1 is 0.941 bits per heavy atom. The first kappa shape index (κ1) is 10.1. The summed E-state index contributed by atoms with van der Waals surface area (Å²) in [5.41, 5.74) is 3.31. The van der Waals surface area contributed by atoms with E-state index >= 15 is 0 Å². The SMILES string of the molecule is F/C=C1/c2ccccc2COc2ccccc21. The van der Waals surface area contributed by atoms with E-state index in [1.54, 1.807) is 0 Å². The summed E-state index contributed by atoms with van der Waals surface area (Å²) < 4.78 is 18.9. The molecule has 84 valence electrons. The summed E-state index contributed by atoms with van der Waals surface area (Å²) >= 11 is 0. The Bertz CT molecular complexity index is 537. The van der Waals surface area contributed by atoms with Crippen LogP contribution in [0.5, 0.6) is 5.75 Å². The second-order valence-electron chi connectivity index (χ2n) is 3.96. The van der Waals surface area contributed by atoms with Gasteiger partial charge in [0.25, 0.3) is 0 Å². The van der Waals surface area contributed by atoms with E-state index in [-0.39, 0.29) is 0 Å². The Morgan fingerprint density at radius 2 is 1.65 bits per heavy atom. The van der Waals surface area contributed by atoms with Crippen molar-refractivity contribution in [1.82, 2.24) is 0 Å². The summed E-state index contributed by atoms with van der Waals surface area (Å²) in [6.07, 6.45) is 0.659. The molecule has 0 aromatic heterocycles. The fourth-order valence-electron chi connectivity index (χ4n) is 2.14. The summed E-state index contributed by atoms with van der Waals surface area (Å²) in [6.45, 7) is 0.477. The van der Waals surface area contributed by atoms with Gasteiger partial charge in [-0.15, -0.1) is 0 Å². The number of fused-ring (bicyclic) bond motifs is 2. The van der Waals surface area contributed by atoms with Gasteiger partial charge < -0.3 is 4.74 Å². The molecule has 3 rings (SSSR count). The van der Waals surface area contributed by atoms with Crippen LogP contribution in [0.2, 0.25) is 0 Å². The Kier molecular flexibility index (Phi) is 2.41. The highest BCUT2D eigenvalue weighted by atomic mass is 19.1. The Labute approximate surface area is 99.2 Å². The monoisotopic (exact) mass is 226 g/mol. The van der Waals surface area contributed by atoms with Crippen molar-refractivity contribution < 1.29 is 9.13 Å². The molecule has 0 amide bonds. The number of para-hydroxylation sites is 1. The van der Waals surface area contributed by atoms with Crippen LogP contribution in [-0.2, 0) is 6.61 Å². The van der Waals surface area contributed by atoms with Crippen LogP contribution in [0.1, 0.15) is 16.7 Å². The molecule has 0 fully saturated rings. The molecule has 1 nitrogen and oxygen atoms in total. The van der Waals surface area contributed by atoms with Crippen LogP contribution in [0.15, 0.2) is 54.9 Å². The van der Waals surface area contributed by atoms with Gasteiger partial charge in [0.15, 0.2) is 0 Å². The quantitative estimate of drug-likeness (QED) is 0.661. The smallest absolute Gasteiger partial charge is 0.127 e. The van der Waals surface area contributed by atoms with E-state index in [0.717, 1.165) is 22.4 Å². The highest BCUT2D eigenvalue weighted by molar-refractivity contribution is 5.84. The van der Waals surface area contributed by atoms with Gasteiger partial charge in [0.1, 0.15) is 12.4 Å². The molecule has 0 aliphatic carbocycles. The molecule has 0 N–H and O–H groups in total. The average molecular weight is 226 g/mol. The summed E-state index contributed by atoms with van der Waals surface area (Å²) in [7, 11) is 0. The standard InChI is InChI=1S/C15H11FO/c16-9-14-12-6-2-1-5-11(12)10-17-15-8-4-3-7-13(14)15/h1-9H,10H2/b14-9-. The first-order valence-corrected chi connectivity index (χ1v) is 5.51. The van der Waals surface area contributed by atoms with E-state index < -0.39 is 0 Å². The number of ether oxygens (including phenoxy) is 1. The van der Waals surface area contributed by atoms with Crippen molar-refractivity contribution in [3.63, 3.8) is 0 Å². The van der Waals surface area contributed by atoms with Crippen LogP contribution in [0.4, 0.5) is 4.39 Å². The van der Waals surface area contributed by atoms with Gasteiger partial charge in [0.05, 0.1) is 6.33 Å². The van der Waals surface area contributed by atoms with E-state index in [1.165, 1.54) is 0 Å². The Morgan fingerprint density at radius 3 is 2.47 bits per heavy atom. The maximum Gasteiger partial charge on any atom is 0.127 e. The van der Waals surface area contributed by atoms with Crippen molar-refractivity contribution in [2.45, 2.75) is 6.61 Å². The largest absolute Gasteiger partial charge is 0.488 e. The molecule has 1 aliphatic rings. The zero-order chi connectivity index (χ0) is 11.7. The van der Waals surface area contributed by atoms with Crippen LogP contribution >= 0.6 is 0 Å². The highest BCUT2D eigenvalue weighted by Crippen LogP contribution is 2.36. The van der Waals surface area contributed by atoms with Gasteiger partial charge in [-0.2, -0.15) is 0 Å². The molecule has 0 atom stereocenters. The van der Waals surface area contributed by atoms with Crippen LogP contribution in [-0.4, -0.2) is 0 Å². The maximum atomic E-state index is 13.2. The van der Waals surface area contributed by atoms with Crippen molar-refractivity contribution >= 4 is 5.57 Å². The van der Waals surface area contributed by atoms with Gasteiger partial charge in [0.2, 0.25) is 0 Å². The van der Waals surface area contributed by atoms with Crippen molar-refractivity contribution in [3.8, 4) is 5.75 Å². The third kappa shape index (κ3) is 1.62. The predicted octanol–water partition coefficient (Wildman–Crippen LogP) is 3.94. The summed E-state index contributed by atoms with van der Waals surface area (Å²) in [5.74, 6) is 0.729. The topological polar surface area (TPSA) is 9.23 Å². The summed E-state index contributed by atoms with van der Waals surface area (Å²) in [4.78, 5) is 0. The van der Waals surface area contributed by atoms with Crippen LogP contribution < -0.4 is 4.74 Å². The zero-order valence-corrected chi connectivity index (χ0v) is 9.19. The summed E-state index contributed by atoms with van der Waals surface area (Å²) in [6, 6.07) is 15.3. The highest BCUT2D eigenvalue weighted by Gasteiger charge is 2.18. The van der Waals surface area contributed by atoms with Crippen LogP contribution in [0.25, 0.3) is 5.57 Å². The van der Waals surface area contributed by atoms with Gasteiger partial charge in [0, 0.05) is 11.1 Å². The third-order valence-electron chi connectivity index (χ3n) is 2.98. The second kappa shape index (κ2) is 4.06. The Hall–Kier alpha value is -2.09. The number of benzene rings is 2. The van der Waals surface area contributed by atoms with Gasteiger partial charge in [-0.25, -0.2) is 4.39 Å². The van der Waals surface area contributed by atoms with Gasteiger partial charge >= 0.3 is 0 Å². The summed E-state index contributed by atoms with van der Waals surface area (Å²) in [5, 5.41) is 0. The van der Waals surface area contributed by atoms with Gasteiger partial charge in [-0.1, -0.05) is 42.5 Å². The minimum atomic E-state index is 0.477. The van der Waals surface area contributed by atoms with Crippen molar-refractivity contribution in [3.05, 3.63) is 71.6 Å². The molecule has 0 bridgehead atoms. The first-order valence-electron chi connectivity index (χ1n) is 5.51. The molecular formula is C15H11FO. The molecule has 0 spiro atoms. The van der Waals surface area contributed by atoms with Crippen molar-refractivity contribution in [1.29, 1.82) is 0 Å². The molecule has 2 heteroatoms. The number of halogens is 1. The lowest BCUT2D eigenvalue weighted by Gasteiger charge is -2.07. The van der Waals surface area contributed by atoms with E-state index in [9.17, 15) is 4.39 Å². The molecule has 2 aromatic rings. The van der Waals surface area contributed by atoms with E-state index in [4.69, 9.17) is 4.74 Å². The number of rotatable bonds is 0. The molecule has 17 heavy (non-hydrogen) atoms. The third-order valence-corrected chi connectivity index (χ3v) is 2.98. The maximum absolute atomic E-state index is 13.2. The molecule has 0 unspecified atom stereocenters. The Balaban J connectivity index is 2.27. The van der Waals surface area contributed by atoms with E-state index in [2.05, 4.69) is 0 Å². The molecule has 1 aliphatic heterocycles. The lowest BCUT2D eigenvalue weighted by molar-refractivity contribution is 0.307.